The molecule has 4 heterocycles. The topological polar surface area (TPSA) is 96.1 Å². The lowest BCUT2D eigenvalue weighted by Gasteiger charge is -2.10. The Balaban J connectivity index is 1.29. The first-order valence-electron chi connectivity index (χ1n) is 10.7. The van der Waals surface area contributed by atoms with Crippen molar-refractivity contribution in [3.63, 3.8) is 0 Å². The molecule has 2 aromatic carbocycles. The van der Waals surface area contributed by atoms with E-state index in [4.69, 9.17) is 14.0 Å². The van der Waals surface area contributed by atoms with Gasteiger partial charge in [0.05, 0.1) is 10.9 Å². The van der Waals surface area contributed by atoms with E-state index in [2.05, 4.69) is 25.1 Å². The molecule has 1 aliphatic heterocycles. The monoisotopic (exact) mass is 437 g/mol. The summed E-state index contributed by atoms with van der Waals surface area (Å²) in [5.74, 6) is 2.73. The van der Waals surface area contributed by atoms with Crippen LogP contribution >= 0.6 is 0 Å². The van der Waals surface area contributed by atoms with E-state index in [0.29, 0.717) is 29.2 Å². The highest BCUT2D eigenvalue weighted by Crippen LogP contribution is 2.32. The minimum Gasteiger partial charge on any atom is -0.438 e. The molecule has 1 fully saturated rings. The fourth-order valence-corrected chi connectivity index (χ4v) is 3.79. The highest BCUT2D eigenvalue weighted by molar-refractivity contribution is 5.85. The molecule has 0 saturated carbocycles. The smallest absolute Gasteiger partial charge is 0.256 e. The van der Waals surface area contributed by atoms with Gasteiger partial charge in [-0.15, -0.1) is 0 Å². The quantitative estimate of drug-likeness (QED) is 0.361. The first-order valence-corrected chi connectivity index (χ1v) is 10.7. The van der Waals surface area contributed by atoms with Gasteiger partial charge in [0.25, 0.3) is 5.89 Å². The number of hydrogen-bond donors (Lipinski definition) is 0. The molecule has 8 nitrogen and oxygen atoms in total. The molecule has 0 radical (unpaired) electrons. The molecule has 1 unspecified atom stereocenters. The van der Waals surface area contributed by atoms with Crippen molar-refractivity contribution in [3.05, 3.63) is 78.9 Å². The minimum absolute atomic E-state index is 0.103. The maximum Gasteiger partial charge on any atom is 0.256 e. The van der Waals surface area contributed by atoms with Gasteiger partial charge in [0, 0.05) is 30.1 Å². The van der Waals surface area contributed by atoms with Crippen molar-refractivity contribution in [2.45, 2.75) is 18.9 Å². The Bertz CT molecular complexity index is 1400. The van der Waals surface area contributed by atoms with Gasteiger partial charge in [0.15, 0.2) is 5.82 Å². The highest BCUT2D eigenvalue weighted by Gasteiger charge is 2.24. The van der Waals surface area contributed by atoms with Gasteiger partial charge in [0.2, 0.25) is 11.7 Å². The van der Waals surface area contributed by atoms with Gasteiger partial charge in [0.1, 0.15) is 11.9 Å². The molecule has 3 aromatic heterocycles. The summed E-state index contributed by atoms with van der Waals surface area (Å²) < 4.78 is 17.2. The zero-order valence-electron chi connectivity index (χ0n) is 17.6. The standard InChI is InChI=1S/C25H19N5O3/c1-2-7-20-19(6-1)24(28-22(27-20)17-5-3-13-26-15-17)32-18-11-9-16(10-12-18)23-29-25(33-30-23)21-8-4-14-31-21/h1-3,5-7,9-13,15,21H,4,8,14H2. The van der Waals surface area contributed by atoms with Crippen molar-refractivity contribution in [1.82, 2.24) is 25.1 Å². The third-order valence-electron chi connectivity index (χ3n) is 5.46. The summed E-state index contributed by atoms with van der Waals surface area (Å²) in [6.07, 6.45) is 5.26. The van der Waals surface area contributed by atoms with Crippen LogP contribution < -0.4 is 4.74 Å². The highest BCUT2D eigenvalue weighted by atomic mass is 16.5. The summed E-state index contributed by atoms with van der Waals surface area (Å²) in [6, 6.07) is 19.0. The largest absolute Gasteiger partial charge is 0.438 e. The summed E-state index contributed by atoms with van der Waals surface area (Å²) in [5.41, 5.74) is 2.45. The summed E-state index contributed by atoms with van der Waals surface area (Å²) in [4.78, 5) is 18.0. The van der Waals surface area contributed by atoms with E-state index in [9.17, 15) is 0 Å². The maximum absolute atomic E-state index is 6.18. The Kier molecular flexibility index (Phi) is 4.97. The lowest BCUT2D eigenvalue weighted by molar-refractivity contribution is 0.0835. The predicted molar refractivity (Wildman–Crippen MR) is 121 cm³/mol. The van der Waals surface area contributed by atoms with Gasteiger partial charge >= 0.3 is 0 Å². The zero-order chi connectivity index (χ0) is 22.0. The average molecular weight is 437 g/mol. The van der Waals surface area contributed by atoms with E-state index in [0.717, 1.165) is 41.5 Å². The molecule has 0 bridgehead atoms. The summed E-state index contributed by atoms with van der Waals surface area (Å²) in [7, 11) is 0. The van der Waals surface area contributed by atoms with Gasteiger partial charge < -0.3 is 14.0 Å². The normalized spacial score (nSPS) is 15.7. The van der Waals surface area contributed by atoms with Crippen molar-refractivity contribution in [2.75, 3.05) is 6.61 Å². The molecule has 6 rings (SSSR count). The Morgan fingerprint density at radius 1 is 0.848 bits per heavy atom. The predicted octanol–water partition coefficient (Wildman–Crippen LogP) is 5.39. The Hall–Kier alpha value is -4.17. The minimum atomic E-state index is -0.103. The van der Waals surface area contributed by atoms with Gasteiger partial charge in [-0.1, -0.05) is 17.3 Å². The molecule has 162 valence electrons. The Labute approximate surface area is 189 Å². The first-order chi connectivity index (χ1) is 16.3. The van der Waals surface area contributed by atoms with Gasteiger partial charge in [-0.05, 0) is 61.4 Å². The molecule has 1 saturated heterocycles. The second-order valence-corrected chi connectivity index (χ2v) is 7.70. The molecule has 5 aromatic rings. The third-order valence-corrected chi connectivity index (χ3v) is 5.46. The molecule has 0 amide bonds. The molecule has 0 N–H and O–H groups in total. The van der Waals surface area contributed by atoms with Crippen molar-refractivity contribution in [1.29, 1.82) is 0 Å². The number of rotatable bonds is 5. The zero-order valence-corrected chi connectivity index (χ0v) is 17.6. The number of benzene rings is 2. The molecular formula is C25H19N5O3. The van der Waals surface area contributed by atoms with Gasteiger partial charge in [-0.25, -0.2) is 4.98 Å². The van der Waals surface area contributed by atoms with E-state index >= 15 is 0 Å². The van der Waals surface area contributed by atoms with Crippen LogP contribution in [0.4, 0.5) is 0 Å². The average Bonchev–Trinajstić information content (AvgIpc) is 3.58. The molecule has 1 atom stereocenters. The summed E-state index contributed by atoms with van der Waals surface area (Å²) in [6.45, 7) is 0.731. The van der Waals surface area contributed by atoms with Crippen LogP contribution in [0.2, 0.25) is 0 Å². The second kappa shape index (κ2) is 8.40. The van der Waals surface area contributed by atoms with Crippen LogP contribution in [-0.2, 0) is 4.74 Å². The van der Waals surface area contributed by atoms with Crippen LogP contribution in [0, 0.1) is 0 Å². The number of nitrogens with zero attached hydrogens (tertiary/aromatic N) is 5. The Morgan fingerprint density at radius 2 is 1.76 bits per heavy atom. The molecule has 1 aliphatic rings. The third kappa shape index (κ3) is 3.92. The molecule has 0 spiro atoms. The van der Waals surface area contributed by atoms with Crippen LogP contribution in [0.1, 0.15) is 24.8 Å². The lowest BCUT2D eigenvalue weighted by atomic mass is 10.2. The first kappa shape index (κ1) is 19.5. The van der Waals surface area contributed by atoms with E-state index in [-0.39, 0.29) is 6.10 Å². The number of pyridine rings is 1. The molecule has 33 heavy (non-hydrogen) atoms. The van der Waals surface area contributed by atoms with E-state index < -0.39 is 0 Å². The van der Waals surface area contributed by atoms with Crippen molar-refractivity contribution in [3.8, 4) is 34.4 Å². The Morgan fingerprint density at radius 3 is 2.58 bits per heavy atom. The molecule has 8 heteroatoms. The lowest BCUT2D eigenvalue weighted by Crippen LogP contribution is -1.96. The van der Waals surface area contributed by atoms with Crippen LogP contribution in [-0.4, -0.2) is 31.7 Å². The molecular weight excluding hydrogens is 418 g/mol. The second-order valence-electron chi connectivity index (χ2n) is 7.70. The van der Waals surface area contributed by atoms with E-state index in [1.165, 1.54) is 0 Å². The fourth-order valence-electron chi connectivity index (χ4n) is 3.79. The van der Waals surface area contributed by atoms with Crippen molar-refractivity contribution in [2.24, 2.45) is 0 Å². The van der Waals surface area contributed by atoms with Gasteiger partial charge in [-0.3, -0.25) is 4.98 Å². The molecule has 0 aliphatic carbocycles. The van der Waals surface area contributed by atoms with E-state index in [1.54, 1.807) is 12.4 Å². The SMILES string of the molecule is c1cncc(-c2nc(Oc3ccc(-c4noc(C5CCCO5)n4)cc3)c3ccccc3n2)c1. The van der Waals surface area contributed by atoms with Gasteiger partial charge in [-0.2, -0.15) is 9.97 Å². The fraction of sp³-hybridized carbons (Fsp3) is 0.160. The van der Waals surface area contributed by atoms with E-state index in [1.807, 2.05) is 60.7 Å². The van der Waals surface area contributed by atoms with Crippen molar-refractivity contribution >= 4 is 10.9 Å². The number of para-hydroxylation sites is 1. The summed E-state index contributed by atoms with van der Waals surface area (Å²) >= 11 is 0. The number of aromatic nitrogens is 5. The summed E-state index contributed by atoms with van der Waals surface area (Å²) in [5, 5.41) is 4.92. The number of fused-ring (bicyclic) bond motifs is 1. The number of hydrogen-bond acceptors (Lipinski definition) is 8. The van der Waals surface area contributed by atoms with Crippen LogP contribution in [0.15, 0.2) is 77.6 Å². The number of ether oxygens (including phenoxy) is 2. The maximum atomic E-state index is 6.18. The van der Waals surface area contributed by atoms with Crippen LogP contribution in [0.5, 0.6) is 11.6 Å². The van der Waals surface area contributed by atoms with Crippen molar-refractivity contribution < 1.29 is 14.0 Å². The van der Waals surface area contributed by atoms with Crippen LogP contribution in [0.25, 0.3) is 33.7 Å². The van der Waals surface area contributed by atoms with Crippen LogP contribution in [0.3, 0.4) is 0 Å².